The Morgan fingerprint density at radius 3 is 2.41 bits per heavy atom. The van der Waals surface area contributed by atoms with Crippen molar-refractivity contribution in [1.29, 1.82) is 0 Å². The van der Waals surface area contributed by atoms with Gasteiger partial charge in [0.15, 0.2) is 0 Å². The molecule has 0 spiro atoms. The third kappa shape index (κ3) is 2.53. The highest BCUT2D eigenvalue weighted by atomic mass is 15.2. The first-order chi connectivity index (χ1) is 8.43. The number of likely N-dealkylation sites (tertiary alicyclic amines) is 1. The quantitative estimate of drug-likeness (QED) is 0.838. The van der Waals surface area contributed by atoms with Crippen molar-refractivity contribution < 1.29 is 0 Å². The lowest BCUT2D eigenvalue weighted by Gasteiger charge is -2.35. The van der Waals surface area contributed by atoms with Gasteiger partial charge in [0.05, 0.1) is 0 Å². The van der Waals surface area contributed by atoms with E-state index in [-0.39, 0.29) is 0 Å². The molecule has 0 aromatic heterocycles. The van der Waals surface area contributed by atoms with E-state index in [9.17, 15) is 0 Å². The van der Waals surface area contributed by atoms with E-state index in [2.05, 4.69) is 40.5 Å². The Kier molecular flexibility index (Phi) is 3.44. The van der Waals surface area contributed by atoms with E-state index < -0.39 is 0 Å². The molecule has 3 rings (SSSR count). The molecule has 1 aromatic rings. The van der Waals surface area contributed by atoms with Gasteiger partial charge in [0.1, 0.15) is 0 Å². The van der Waals surface area contributed by atoms with Crippen molar-refractivity contribution in [2.45, 2.75) is 31.2 Å². The second kappa shape index (κ2) is 5.19. The standard InChI is InChI=1S/C15H22N2/c1-2-4-13(5-3-1)14-7-10-17(11-8-14)15-6-9-16-12-15/h1-5,14-16H,6-12H2/t15-/m1/s1. The molecule has 2 aliphatic heterocycles. The maximum atomic E-state index is 3.47. The van der Waals surface area contributed by atoms with Crippen molar-refractivity contribution in [3.05, 3.63) is 35.9 Å². The van der Waals surface area contributed by atoms with Gasteiger partial charge < -0.3 is 5.32 Å². The average Bonchev–Trinajstić information content (AvgIpc) is 2.94. The fourth-order valence-electron chi connectivity index (χ4n) is 3.27. The molecule has 1 aromatic carbocycles. The molecule has 1 atom stereocenters. The summed E-state index contributed by atoms with van der Waals surface area (Å²) in [7, 11) is 0. The molecule has 0 aliphatic carbocycles. The van der Waals surface area contributed by atoms with Crippen molar-refractivity contribution in [3.8, 4) is 0 Å². The fraction of sp³-hybridized carbons (Fsp3) is 0.600. The number of nitrogens with zero attached hydrogens (tertiary/aromatic N) is 1. The predicted molar refractivity (Wildman–Crippen MR) is 71.3 cm³/mol. The Bertz CT molecular complexity index is 335. The summed E-state index contributed by atoms with van der Waals surface area (Å²) in [5.74, 6) is 0.793. The molecule has 1 N–H and O–H groups in total. The van der Waals surface area contributed by atoms with Crippen LogP contribution in [0.1, 0.15) is 30.7 Å². The molecule has 0 amide bonds. The first-order valence-corrected chi connectivity index (χ1v) is 6.93. The zero-order chi connectivity index (χ0) is 11.5. The molecule has 0 bridgehead atoms. The van der Waals surface area contributed by atoms with Crippen LogP contribution in [0, 0.1) is 0 Å². The van der Waals surface area contributed by atoms with Crippen LogP contribution >= 0.6 is 0 Å². The van der Waals surface area contributed by atoms with E-state index in [1.807, 2.05) is 0 Å². The normalized spacial score (nSPS) is 27.4. The van der Waals surface area contributed by atoms with Crippen LogP contribution in [0.15, 0.2) is 30.3 Å². The number of nitrogens with one attached hydrogen (secondary N) is 1. The van der Waals surface area contributed by atoms with Crippen molar-refractivity contribution in [2.75, 3.05) is 26.2 Å². The summed E-state index contributed by atoms with van der Waals surface area (Å²) < 4.78 is 0. The number of hydrogen-bond donors (Lipinski definition) is 1. The monoisotopic (exact) mass is 230 g/mol. The molecule has 0 radical (unpaired) electrons. The highest BCUT2D eigenvalue weighted by molar-refractivity contribution is 5.20. The molecule has 0 unspecified atom stereocenters. The smallest absolute Gasteiger partial charge is 0.0232 e. The summed E-state index contributed by atoms with van der Waals surface area (Å²) in [6, 6.07) is 11.8. The maximum absolute atomic E-state index is 3.47. The SMILES string of the molecule is c1ccc(C2CCN([C@@H]3CCNC3)CC2)cc1. The Morgan fingerprint density at radius 1 is 1.00 bits per heavy atom. The summed E-state index contributed by atoms with van der Waals surface area (Å²) in [6.45, 7) is 4.98. The largest absolute Gasteiger partial charge is 0.315 e. The lowest BCUT2D eigenvalue weighted by atomic mass is 9.89. The summed E-state index contributed by atoms with van der Waals surface area (Å²) in [5.41, 5.74) is 1.54. The van der Waals surface area contributed by atoms with E-state index in [1.54, 1.807) is 0 Å². The van der Waals surface area contributed by atoms with Crippen LogP contribution in [0.4, 0.5) is 0 Å². The molecule has 2 heteroatoms. The summed E-state index contributed by atoms with van der Waals surface area (Å²) in [4.78, 5) is 2.69. The first kappa shape index (κ1) is 11.2. The number of hydrogen-bond acceptors (Lipinski definition) is 2. The Labute approximate surface area is 104 Å². The van der Waals surface area contributed by atoms with Crippen molar-refractivity contribution in [1.82, 2.24) is 10.2 Å². The topological polar surface area (TPSA) is 15.3 Å². The van der Waals surface area contributed by atoms with E-state index >= 15 is 0 Å². The van der Waals surface area contributed by atoms with Gasteiger partial charge in [-0.2, -0.15) is 0 Å². The van der Waals surface area contributed by atoms with Gasteiger partial charge >= 0.3 is 0 Å². The molecule has 92 valence electrons. The maximum Gasteiger partial charge on any atom is 0.0232 e. The minimum Gasteiger partial charge on any atom is -0.315 e. The molecule has 2 heterocycles. The van der Waals surface area contributed by atoms with Crippen LogP contribution in [0.3, 0.4) is 0 Å². The predicted octanol–water partition coefficient (Wildman–Crippen LogP) is 2.23. The van der Waals surface area contributed by atoms with Crippen LogP contribution in [0.5, 0.6) is 0 Å². The van der Waals surface area contributed by atoms with E-state index in [1.165, 1.54) is 51.0 Å². The Hall–Kier alpha value is -0.860. The minimum atomic E-state index is 0.793. The molecule has 2 saturated heterocycles. The Balaban J connectivity index is 1.57. The third-order valence-electron chi connectivity index (χ3n) is 4.35. The molecule has 2 aliphatic rings. The van der Waals surface area contributed by atoms with Crippen molar-refractivity contribution >= 4 is 0 Å². The van der Waals surface area contributed by atoms with Gasteiger partial charge in [-0.3, -0.25) is 4.90 Å². The second-order valence-electron chi connectivity index (χ2n) is 5.37. The lowest BCUT2D eigenvalue weighted by molar-refractivity contribution is 0.161. The molecule has 17 heavy (non-hydrogen) atoms. The Morgan fingerprint density at radius 2 is 1.76 bits per heavy atom. The van der Waals surface area contributed by atoms with Gasteiger partial charge in [-0.15, -0.1) is 0 Å². The van der Waals surface area contributed by atoms with Crippen LogP contribution in [-0.2, 0) is 0 Å². The van der Waals surface area contributed by atoms with Gasteiger partial charge in [-0.05, 0) is 50.4 Å². The fourth-order valence-corrected chi connectivity index (χ4v) is 3.27. The molecular formula is C15H22N2. The van der Waals surface area contributed by atoms with Crippen LogP contribution in [-0.4, -0.2) is 37.1 Å². The van der Waals surface area contributed by atoms with Crippen molar-refractivity contribution in [3.63, 3.8) is 0 Å². The average molecular weight is 230 g/mol. The zero-order valence-corrected chi connectivity index (χ0v) is 10.4. The number of rotatable bonds is 2. The summed E-state index contributed by atoms with van der Waals surface area (Å²) >= 11 is 0. The molecule has 2 fully saturated rings. The summed E-state index contributed by atoms with van der Waals surface area (Å²) in [5, 5.41) is 3.47. The number of piperidine rings is 1. The van der Waals surface area contributed by atoms with Gasteiger partial charge in [-0.1, -0.05) is 30.3 Å². The van der Waals surface area contributed by atoms with Crippen LogP contribution in [0.25, 0.3) is 0 Å². The minimum absolute atomic E-state index is 0.793. The highest BCUT2D eigenvalue weighted by Gasteiger charge is 2.27. The van der Waals surface area contributed by atoms with E-state index in [4.69, 9.17) is 0 Å². The van der Waals surface area contributed by atoms with Crippen LogP contribution < -0.4 is 5.32 Å². The first-order valence-electron chi connectivity index (χ1n) is 6.93. The van der Waals surface area contributed by atoms with Crippen LogP contribution in [0.2, 0.25) is 0 Å². The summed E-state index contributed by atoms with van der Waals surface area (Å²) in [6.07, 6.45) is 4.01. The molecule has 2 nitrogen and oxygen atoms in total. The van der Waals surface area contributed by atoms with Crippen molar-refractivity contribution in [2.24, 2.45) is 0 Å². The molecular weight excluding hydrogens is 208 g/mol. The lowest BCUT2D eigenvalue weighted by Crippen LogP contribution is -2.42. The highest BCUT2D eigenvalue weighted by Crippen LogP contribution is 2.29. The van der Waals surface area contributed by atoms with Gasteiger partial charge in [0, 0.05) is 12.6 Å². The van der Waals surface area contributed by atoms with E-state index in [0.29, 0.717) is 0 Å². The van der Waals surface area contributed by atoms with Gasteiger partial charge in [0.2, 0.25) is 0 Å². The second-order valence-corrected chi connectivity index (χ2v) is 5.37. The zero-order valence-electron chi connectivity index (χ0n) is 10.4. The third-order valence-corrected chi connectivity index (χ3v) is 4.35. The van der Waals surface area contributed by atoms with Gasteiger partial charge in [0.25, 0.3) is 0 Å². The number of benzene rings is 1. The van der Waals surface area contributed by atoms with E-state index in [0.717, 1.165) is 12.0 Å². The molecule has 0 saturated carbocycles. The van der Waals surface area contributed by atoms with Gasteiger partial charge in [-0.25, -0.2) is 0 Å².